The van der Waals surface area contributed by atoms with E-state index in [0.29, 0.717) is 5.56 Å². The first-order chi connectivity index (χ1) is 9.24. The molecule has 0 saturated carbocycles. The lowest BCUT2D eigenvalue weighted by molar-refractivity contribution is 0.414. The van der Waals surface area contributed by atoms with Crippen LogP contribution in [-0.2, 0) is 0 Å². The highest BCUT2D eigenvalue weighted by Gasteiger charge is 2.07. The molecule has 0 radical (unpaired) electrons. The number of rotatable bonds is 4. The lowest BCUT2D eigenvalue weighted by atomic mass is 10.1. The summed E-state index contributed by atoms with van der Waals surface area (Å²) in [6.45, 7) is 2.07. The molecule has 0 aromatic heterocycles. The monoisotopic (exact) mass is 252 g/mol. The topological polar surface area (TPSA) is 45.0 Å². The van der Waals surface area contributed by atoms with Gasteiger partial charge in [-0.3, -0.25) is 0 Å². The number of methoxy groups -OCH3 is 1. The maximum Gasteiger partial charge on any atom is 0.118 e. The summed E-state index contributed by atoms with van der Waals surface area (Å²) in [5.74, 6) is 0.841. The zero-order chi connectivity index (χ0) is 13.7. The largest absolute Gasteiger partial charge is 0.497 e. The van der Waals surface area contributed by atoms with E-state index in [1.807, 2.05) is 48.5 Å². The van der Waals surface area contributed by atoms with Crippen LogP contribution in [0, 0.1) is 11.3 Å². The first-order valence-electron chi connectivity index (χ1n) is 6.14. The molecule has 2 aromatic carbocycles. The van der Waals surface area contributed by atoms with Crippen molar-refractivity contribution < 1.29 is 4.74 Å². The van der Waals surface area contributed by atoms with Crippen LogP contribution in [0.25, 0.3) is 0 Å². The zero-order valence-corrected chi connectivity index (χ0v) is 11.1. The van der Waals surface area contributed by atoms with Gasteiger partial charge in [0.25, 0.3) is 0 Å². The second kappa shape index (κ2) is 5.92. The zero-order valence-electron chi connectivity index (χ0n) is 11.1. The summed E-state index contributed by atoms with van der Waals surface area (Å²) in [5.41, 5.74) is 2.66. The standard InChI is InChI=1S/C16H16N2O/c1-12(13-7-9-15(19-2)10-8-13)18-16-6-4-3-5-14(16)11-17/h3-10,12,18H,1-2H3. The van der Waals surface area contributed by atoms with E-state index in [4.69, 9.17) is 10.00 Å². The summed E-state index contributed by atoms with van der Waals surface area (Å²) in [5, 5.41) is 12.4. The van der Waals surface area contributed by atoms with Gasteiger partial charge in [-0.15, -0.1) is 0 Å². The Balaban J connectivity index is 2.16. The number of nitrogens with one attached hydrogen (secondary N) is 1. The molecule has 0 aliphatic rings. The molecule has 0 fully saturated rings. The van der Waals surface area contributed by atoms with Crippen LogP contribution >= 0.6 is 0 Å². The van der Waals surface area contributed by atoms with Gasteiger partial charge in [-0.05, 0) is 36.8 Å². The average Bonchev–Trinajstić information content (AvgIpc) is 2.48. The summed E-state index contributed by atoms with van der Waals surface area (Å²) in [6, 6.07) is 17.7. The third-order valence-electron chi connectivity index (χ3n) is 3.04. The number of para-hydroxylation sites is 1. The number of hydrogen-bond acceptors (Lipinski definition) is 3. The number of anilines is 1. The van der Waals surface area contributed by atoms with E-state index in [0.717, 1.165) is 17.0 Å². The molecule has 0 bridgehead atoms. The van der Waals surface area contributed by atoms with Crippen LogP contribution in [0.5, 0.6) is 5.75 Å². The van der Waals surface area contributed by atoms with Gasteiger partial charge in [0, 0.05) is 6.04 Å². The molecule has 1 N–H and O–H groups in total. The van der Waals surface area contributed by atoms with Gasteiger partial charge in [0.1, 0.15) is 11.8 Å². The molecule has 2 rings (SSSR count). The van der Waals surface area contributed by atoms with Crippen molar-refractivity contribution in [1.29, 1.82) is 5.26 Å². The van der Waals surface area contributed by atoms with Crippen molar-refractivity contribution in [3.8, 4) is 11.8 Å². The van der Waals surface area contributed by atoms with Crippen molar-refractivity contribution in [2.45, 2.75) is 13.0 Å². The second-order valence-electron chi connectivity index (χ2n) is 4.30. The molecule has 0 spiro atoms. The van der Waals surface area contributed by atoms with Crippen molar-refractivity contribution in [3.05, 3.63) is 59.7 Å². The molecule has 0 saturated heterocycles. The highest BCUT2D eigenvalue weighted by molar-refractivity contribution is 5.58. The average molecular weight is 252 g/mol. The molecule has 1 atom stereocenters. The Morgan fingerprint density at radius 1 is 1.11 bits per heavy atom. The first-order valence-corrected chi connectivity index (χ1v) is 6.14. The highest BCUT2D eigenvalue weighted by atomic mass is 16.5. The summed E-state index contributed by atoms with van der Waals surface area (Å²) in [4.78, 5) is 0. The smallest absolute Gasteiger partial charge is 0.118 e. The minimum atomic E-state index is 0.125. The fourth-order valence-electron chi connectivity index (χ4n) is 1.92. The molecule has 96 valence electrons. The molecule has 3 heteroatoms. The van der Waals surface area contributed by atoms with E-state index >= 15 is 0 Å². The van der Waals surface area contributed by atoms with Gasteiger partial charge in [-0.25, -0.2) is 0 Å². The molecular formula is C16H16N2O. The first kappa shape index (κ1) is 13.0. The number of hydrogen-bond donors (Lipinski definition) is 1. The van der Waals surface area contributed by atoms with Gasteiger partial charge in [0.2, 0.25) is 0 Å². The fraction of sp³-hybridized carbons (Fsp3) is 0.188. The number of ether oxygens (including phenoxy) is 1. The summed E-state index contributed by atoms with van der Waals surface area (Å²) in [6.07, 6.45) is 0. The molecule has 0 amide bonds. The van der Waals surface area contributed by atoms with Crippen molar-refractivity contribution >= 4 is 5.69 Å². The Kier molecular flexibility index (Phi) is 4.04. The minimum Gasteiger partial charge on any atom is -0.497 e. The van der Waals surface area contributed by atoms with Gasteiger partial charge in [0.15, 0.2) is 0 Å². The van der Waals surface area contributed by atoms with E-state index < -0.39 is 0 Å². The lowest BCUT2D eigenvalue weighted by Crippen LogP contribution is -2.07. The minimum absolute atomic E-state index is 0.125. The fourth-order valence-corrected chi connectivity index (χ4v) is 1.92. The van der Waals surface area contributed by atoms with Crippen LogP contribution in [0.1, 0.15) is 24.1 Å². The molecule has 0 heterocycles. The molecular weight excluding hydrogens is 236 g/mol. The van der Waals surface area contributed by atoms with Crippen molar-refractivity contribution in [2.75, 3.05) is 12.4 Å². The van der Waals surface area contributed by atoms with E-state index in [2.05, 4.69) is 18.3 Å². The highest BCUT2D eigenvalue weighted by Crippen LogP contribution is 2.23. The van der Waals surface area contributed by atoms with Crippen molar-refractivity contribution in [2.24, 2.45) is 0 Å². The van der Waals surface area contributed by atoms with Gasteiger partial charge < -0.3 is 10.1 Å². The van der Waals surface area contributed by atoms with Crippen molar-refractivity contribution in [3.63, 3.8) is 0 Å². The van der Waals surface area contributed by atoms with Gasteiger partial charge in [-0.2, -0.15) is 5.26 Å². The number of benzene rings is 2. The Bertz CT molecular complexity index is 584. The maximum absolute atomic E-state index is 9.06. The van der Waals surface area contributed by atoms with E-state index in [-0.39, 0.29) is 6.04 Å². The normalized spacial score (nSPS) is 11.4. The molecule has 1 unspecified atom stereocenters. The predicted molar refractivity (Wildman–Crippen MR) is 76.2 cm³/mol. The third-order valence-corrected chi connectivity index (χ3v) is 3.04. The Morgan fingerprint density at radius 2 is 1.79 bits per heavy atom. The maximum atomic E-state index is 9.06. The van der Waals surface area contributed by atoms with Crippen LogP contribution < -0.4 is 10.1 Å². The molecule has 0 aliphatic heterocycles. The van der Waals surface area contributed by atoms with E-state index in [1.54, 1.807) is 7.11 Å². The summed E-state index contributed by atoms with van der Waals surface area (Å²) < 4.78 is 5.14. The Hall–Kier alpha value is -2.47. The molecule has 3 nitrogen and oxygen atoms in total. The van der Waals surface area contributed by atoms with Crippen molar-refractivity contribution in [1.82, 2.24) is 0 Å². The molecule has 2 aromatic rings. The lowest BCUT2D eigenvalue weighted by Gasteiger charge is -2.17. The quantitative estimate of drug-likeness (QED) is 0.901. The van der Waals surface area contributed by atoms with E-state index in [1.165, 1.54) is 0 Å². The Labute approximate surface area is 113 Å². The third kappa shape index (κ3) is 3.05. The summed E-state index contributed by atoms with van der Waals surface area (Å²) >= 11 is 0. The second-order valence-corrected chi connectivity index (χ2v) is 4.30. The molecule has 19 heavy (non-hydrogen) atoms. The van der Waals surface area contributed by atoms with Crippen LogP contribution in [0.15, 0.2) is 48.5 Å². The van der Waals surface area contributed by atoms with Gasteiger partial charge >= 0.3 is 0 Å². The Morgan fingerprint density at radius 3 is 2.42 bits per heavy atom. The van der Waals surface area contributed by atoms with Gasteiger partial charge in [0.05, 0.1) is 18.4 Å². The van der Waals surface area contributed by atoms with Crippen LogP contribution in [0.3, 0.4) is 0 Å². The number of nitrogens with zero attached hydrogens (tertiary/aromatic N) is 1. The van der Waals surface area contributed by atoms with Crippen LogP contribution in [0.4, 0.5) is 5.69 Å². The van der Waals surface area contributed by atoms with Gasteiger partial charge in [-0.1, -0.05) is 24.3 Å². The van der Waals surface area contributed by atoms with Crippen LogP contribution in [0.2, 0.25) is 0 Å². The number of nitriles is 1. The SMILES string of the molecule is COc1ccc(C(C)Nc2ccccc2C#N)cc1. The van der Waals surface area contributed by atoms with Crippen LogP contribution in [-0.4, -0.2) is 7.11 Å². The predicted octanol–water partition coefficient (Wildman–Crippen LogP) is 3.74. The van der Waals surface area contributed by atoms with E-state index in [9.17, 15) is 0 Å². The summed E-state index contributed by atoms with van der Waals surface area (Å²) in [7, 11) is 1.65. The molecule has 0 aliphatic carbocycles.